The number of hydrogen-bond acceptors (Lipinski definition) is 3. The molecule has 1 aromatic heterocycles. The number of nitrogens with zero attached hydrogens (tertiary/aromatic N) is 1. The Bertz CT molecular complexity index is 843. The van der Waals surface area contributed by atoms with Gasteiger partial charge in [-0.25, -0.2) is 0 Å². The summed E-state index contributed by atoms with van der Waals surface area (Å²) in [7, 11) is 0. The molecule has 0 aliphatic rings. The molecule has 0 saturated heterocycles. The number of carbonyl (C=O) groups is 1. The molecule has 1 heterocycles. The van der Waals surface area contributed by atoms with Gasteiger partial charge in [0.05, 0.1) is 15.6 Å². The highest BCUT2D eigenvalue weighted by atomic mass is 79.9. The Balaban J connectivity index is 1.82. The van der Waals surface area contributed by atoms with Gasteiger partial charge in [0, 0.05) is 16.1 Å². The van der Waals surface area contributed by atoms with Crippen molar-refractivity contribution < 1.29 is 9.32 Å². The third-order valence-electron chi connectivity index (χ3n) is 3.07. The van der Waals surface area contributed by atoms with E-state index in [1.807, 2.05) is 24.3 Å². The zero-order valence-corrected chi connectivity index (χ0v) is 14.6. The smallest absolute Gasteiger partial charge is 0.259 e. The van der Waals surface area contributed by atoms with E-state index in [0.29, 0.717) is 5.76 Å². The second kappa shape index (κ2) is 6.74. The number of anilines is 1. The molecule has 0 bridgehead atoms. The Labute approximate surface area is 150 Å². The molecule has 0 unspecified atom stereocenters. The van der Waals surface area contributed by atoms with Crippen molar-refractivity contribution in [3.63, 3.8) is 0 Å². The molecule has 0 radical (unpaired) electrons. The average molecular weight is 412 g/mol. The summed E-state index contributed by atoms with van der Waals surface area (Å²) in [6.07, 6.45) is 0. The van der Waals surface area contributed by atoms with Crippen LogP contribution in [0.2, 0.25) is 10.0 Å². The van der Waals surface area contributed by atoms with Gasteiger partial charge in [-0.05, 0) is 24.3 Å². The second-order valence-electron chi connectivity index (χ2n) is 4.63. The lowest BCUT2D eigenvalue weighted by Crippen LogP contribution is -2.13. The number of benzene rings is 2. The molecule has 0 saturated carbocycles. The van der Waals surface area contributed by atoms with Crippen LogP contribution < -0.4 is 5.32 Å². The Morgan fingerprint density at radius 2 is 1.74 bits per heavy atom. The van der Waals surface area contributed by atoms with Gasteiger partial charge in [0.2, 0.25) is 0 Å². The quantitative estimate of drug-likeness (QED) is 0.604. The summed E-state index contributed by atoms with van der Waals surface area (Å²) in [6.45, 7) is 0. The van der Waals surface area contributed by atoms with Crippen LogP contribution in [0.3, 0.4) is 0 Å². The van der Waals surface area contributed by atoms with Crippen molar-refractivity contribution in [1.29, 1.82) is 0 Å². The largest absolute Gasteiger partial charge is 0.354 e. The normalized spacial score (nSPS) is 10.6. The van der Waals surface area contributed by atoms with Crippen LogP contribution >= 0.6 is 39.1 Å². The summed E-state index contributed by atoms with van der Waals surface area (Å²) < 4.78 is 6.20. The van der Waals surface area contributed by atoms with Crippen molar-refractivity contribution in [3.05, 3.63) is 68.6 Å². The first-order valence-corrected chi connectivity index (χ1v) is 8.07. The van der Waals surface area contributed by atoms with Gasteiger partial charge in [-0.3, -0.25) is 4.79 Å². The Morgan fingerprint density at radius 3 is 2.39 bits per heavy atom. The van der Waals surface area contributed by atoms with Crippen molar-refractivity contribution in [3.8, 4) is 11.3 Å². The molecule has 0 atom stereocenters. The zero-order chi connectivity index (χ0) is 16.4. The van der Waals surface area contributed by atoms with Crippen LogP contribution in [-0.4, -0.2) is 11.1 Å². The first-order valence-electron chi connectivity index (χ1n) is 6.52. The van der Waals surface area contributed by atoms with Crippen LogP contribution in [0.5, 0.6) is 0 Å². The summed E-state index contributed by atoms with van der Waals surface area (Å²) in [4.78, 5) is 12.3. The van der Waals surface area contributed by atoms with Crippen LogP contribution in [0.4, 0.5) is 5.82 Å². The number of hydrogen-bond donors (Lipinski definition) is 1. The topological polar surface area (TPSA) is 55.1 Å². The molecule has 116 valence electrons. The maximum absolute atomic E-state index is 12.3. The lowest BCUT2D eigenvalue weighted by Gasteiger charge is -2.05. The summed E-state index contributed by atoms with van der Waals surface area (Å²) >= 11 is 15.4. The highest BCUT2D eigenvalue weighted by Crippen LogP contribution is 2.27. The highest BCUT2D eigenvalue weighted by molar-refractivity contribution is 9.10. The van der Waals surface area contributed by atoms with E-state index in [4.69, 9.17) is 27.7 Å². The van der Waals surface area contributed by atoms with E-state index in [1.54, 1.807) is 24.3 Å². The highest BCUT2D eigenvalue weighted by Gasteiger charge is 2.16. The van der Waals surface area contributed by atoms with Crippen molar-refractivity contribution in [2.24, 2.45) is 0 Å². The molecule has 0 aliphatic carbocycles. The number of carbonyl (C=O) groups excluding carboxylic acids is 1. The van der Waals surface area contributed by atoms with Crippen molar-refractivity contribution in [2.45, 2.75) is 0 Å². The molecule has 23 heavy (non-hydrogen) atoms. The van der Waals surface area contributed by atoms with Gasteiger partial charge in [0.15, 0.2) is 11.6 Å². The van der Waals surface area contributed by atoms with Gasteiger partial charge in [0.25, 0.3) is 5.91 Å². The Morgan fingerprint density at radius 1 is 1.09 bits per heavy atom. The van der Waals surface area contributed by atoms with E-state index in [-0.39, 0.29) is 21.4 Å². The van der Waals surface area contributed by atoms with Gasteiger partial charge in [0.1, 0.15) is 0 Å². The minimum Gasteiger partial charge on any atom is -0.354 e. The van der Waals surface area contributed by atoms with Crippen molar-refractivity contribution in [1.82, 2.24) is 5.16 Å². The fourth-order valence-electron chi connectivity index (χ4n) is 1.98. The number of amides is 1. The van der Waals surface area contributed by atoms with E-state index in [2.05, 4.69) is 26.4 Å². The van der Waals surface area contributed by atoms with Crippen molar-refractivity contribution >= 4 is 50.9 Å². The first kappa shape index (κ1) is 16.1. The van der Waals surface area contributed by atoms with E-state index in [1.165, 1.54) is 0 Å². The molecular formula is C16H9BrCl2N2O2. The molecule has 1 amide bonds. The van der Waals surface area contributed by atoms with Gasteiger partial charge in [-0.2, -0.15) is 0 Å². The van der Waals surface area contributed by atoms with E-state index in [9.17, 15) is 4.79 Å². The average Bonchev–Trinajstić information content (AvgIpc) is 2.96. The number of halogens is 3. The zero-order valence-electron chi connectivity index (χ0n) is 11.5. The van der Waals surface area contributed by atoms with E-state index < -0.39 is 5.91 Å². The number of aromatic nitrogens is 1. The van der Waals surface area contributed by atoms with Gasteiger partial charge >= 0.3 is 0 Å². The Hall–Kier alpha value is -1.82. The molecule has 0 aliphatic heterocycles. The lowest BCUT2D eigenvalue weighted by atomic mass is 10.2. The predicted molar refractivity (Wildman–Crippen MR) is 94.1 cm³/mol. The molecule has 1 N–H and O–H groups in total. The van der Waals surface area contributed by atoms with Crippen LogP contribution in [0.1, 0.15) is 10.4 Å². The summed E-state index contributed by atoms with van der Waals surface area (Å²) in [5.41, 5.74) is 1.04. The van der Waals surface area contributed by atoms with Crippen LogP contribution in [0, 0.1) is 0 Å². The maximum Gasteiger partial charge on any atom is 0.259 e. The fraction of sp³-hybridized carbons (Fsp3) is 0. The molecule has 3 aromatic rings. The van der Waals surface area contributed by atoms with Crippen molar-refractivity contribution in [2.75, 3.05) is 5.32 Å². The summed E-state index contributed by atoms with van der Waals surface area (Å²) in [5, 5.41) is 6.99. The SMILES string of the molecule is O=C(Nc1cc(-c2ccc(Br)cc2)on1)c1c(Cl)cccc1Cl. The molecule has 7 heteroatoms. The van der Waals surface area contributed by atoms with Crippen LogP contribution in [-0.2, 0) is 0 Å². The van der Waals surface area contributed by atoms with Gasteiger partial charge in [-0.1, -0.05) is 62.5 Å². The van der Waals surface area contributed by atoms with E-state index in [0.717, 1.165) is 10.0 Å². The minimum atomic E-state index is -0.448. The molecule has 3 rings (SSSR count). The predicted octanol–water partition coefficient (Wildman–Crippen LogP) is 5.66. The third kappa shape index (κ3) is 3.58. The number of rotatable bonds is 3. The third-order valence-corrected chi connectivity index (χ3v) is 4.23. The lowest BCUT2D eigenvalue weighted by molar-refractivity contribution is 0.102. The monoisotopic (exact) mass is 410 g/mol. The fourth-order valence-corrected chi connectivity index (χ4v) is 2.81. The Kier molecular flexibility index (Phi) is 4.71. The molecular weight excluding hydrogens is 403 g/mol. The standard InChI is InChI=1S/C16H9BrCl2N2O2/c17-10-6-4-9(5-7-10)13-8-14(21-23-13)20-16(22)15-11(18)2-1-3-12(15)19/h1-8H,(H,20,21,22). The number of nitrogens with one attached hydrogen (secondary N) is 1. The maximum atomic E-state index is 12.3. The van der Waals surface area contributed by atoms with Crippen LogP contribution in [0.25, 0.3) is 11.3 Å². The summed E-state index contributed by atoms with van der Waals surface area (Å²) in [6, 6.07) is 14.0. The van der Waals surface area contributed by atoms with E-state index >= 15 is 0 Å². The molecule has 4 nitrogen and oxygen atoms in total. The second-order valence-corrected chi connectivity index (χ2v) is 6.36. The molecule has 0 spiro atoms. The molecule has 0 fully saturated rings. The molecule has 2 aromatic carbocycles. The van der Waals surface area contributed by atoms with Crippen LogP contribution in [0.15, 0.2) is 57.5 Å². The van der Waals surface area contributed by atoms with Gasteiger partial charge in [-0.15, -0.1) is 0 Å². The van der Waals surface area contributed by atoms with Gasteiger partial charge < -0.3 is 9.84 Å². The minimum absolute atomic E-state index is 0.198. The first-order chi connectivity index (χ1) is 11.0. The summed E-state index contributed by atoms with van der Waals surface area (Å²) in [5.74, 6) is 0.373.